The van der Waals surface area contributed by atoms with E-state index in [0.29, 0.717) is 16.7 Å². The Kier molecular flexibility index (Phi) is 6.28. The van der Waals surface area contributed by atoms with Gasteiger partial charge in [0.1, 0.15) is 12.4 Å². The average molecular weight is 447 g/mol. The molecule has 31 heavy (non-hydrogen) atoms. The van der Waals surface area contributed by atoms with E-state index in [9.17, 15) is 22.7 Å². The summed E-state index contributed by atoms with van der Waals surface area (Å²) in [4.78, 5) is 19.6. The molecule has 1 aromatic heterocycles. The van der Waals surface area contributed by atoms with Crippen molar-refractivity contribution in [3.05, 3.63) is 70.9 Å². The normalized spacial score (nSPS) is 12.0. The Hall–Kier alpha value is -3.04. The quantitative estimate of drug-likeness (QED) is 0.599. The van der Waals surface area contributed by atoms with E-state index in [1.54, 1.807) is 26.0 Å². The van der Waals surface area contributed by atoms with Gasteiger partial charge in [0.15, 0.2) is 9.84 Å². The second-order valence-electron chi connectivity index (χ2n) is 7.81. The summed E-state index contributed by atoms with van der Waals surface area (Å²) in [5, 5.41) is 13.9. The Labute approximate surface area is 179 Å². The number of benzene rings is 2. The number of aromatic nitrogens is 2. The highest BCUT2D eigenvalue weighted by Gasteiger charge is 2.18. The van der Waals surface area contributed by atoms with E-state index >= 15 is 0 Å². The minimum absolute atomic E-state index is 0.0572. The molecule has 0 spiro atoms. The third-order valence-electron chi connectivity index (χ3n) is 4.60. The second-order valence-corrected chi connectivity index (χ2v) is 9.83. The number of hydrogen-bond acceptors (Lipinski definition) is 6. The first-order valence-corrected chi connectivity index (χ1v) is 11.4. The number of halogens is 1. The van der Waals surface area contributed by atoms with E-state index in [2.05, 4.69) is 5.10 Å². The van der Waals surface area contributed by atoms with Crippen molar-refractivity contribution in [1.82, 2.24) is 9.94 Å². The van der Waals surface area contributed by atoms with Gasteiger partial charge in [0, 0.05) is 18.2 Å². The summed E-state index contributed by atoms with van der Waals surface area (Å²) < 4.78 is 36.9. The monoisotopic (exact) mass is 446 g/mol. The lowest BCUT2D eigenvalue weighted by Crippen LogP contribution is -2.33. The zero-order valence-corrected chi connectivity index (χ0v) is 18.2. The molecule has 3 rings (SSSR count). The standard InChI is InChI=1S/C22H23FN2O5S/c1-22(2,27)12-13-30-25-21(26)20(16-4-8-17(23)9-5-16)19(14-24-25)15-6-10-18(11-7-15)31(3,28)29/h4-11,14,27H,12-13H2,1-3H3. The third-order valence-corrected chi connectivity index (χ3v) is 5.73. The van der Waals surface area contributed by atoms with E-state index < -0.39 is 26.8 Å². The van der Waals surface area contributed by atoms with Crippen LogP contribution in [0.4, 0.5) is 4.39 Å². The maximum absolute atomic E-state index is 13.4. The predicted octanol–water partition coefficient (Wildman–Crippen LogP) is 2.71. The molecule has 0 saturated heterocycles. The van der Waals surface area contributed by atoms with Crippen molar-refractivity contribution < 1.29 is 22.8 Å². The molecule has 0 aliphatic carbocycles. The fourth-order valence-corrected chi connectivity index (χ4v) is 3.54. The number of rotatable bonds is 7. The number of sulfone groups is 1. The Morgan fingerprint density at radius 1 is 1.06 bits per heavy atom. The van der Waals surface area contributed by atoms with Gasteiger partial charge in [-0.25, -0.2) is 12.8 Å². The van der Waals surface area contributed by atoms with E-state index in [1.807, 2.05) is 0 Å². The molecule has 164 valence electrons. The molecule has 2 aromatic carbocycles. The molecule has 0 aliphatic heterocycles. The van der Waals surface area contributed by atoms with Gasteiger partial charge in [-0.05, 0) is 49.2 Å². The summed E-state index contributed by atoms with van der Waals surface area (Å²) in [5.41, 5.74) is 0.164. The van der Waals surface area contributed by atoms with Crippen molar-refractivity contribution in [3.8, 4) is 22.3 Å². The molecular weight excluding hydrogens is 423 g/mol. The van der Waals surface area contributed by atoms with Crippen LogP contribution in [-0.2, 0) is 9.84 Å². The van der Waals surface area contributed by atoms with Crippen LogP contribution >= 0.6 is 0 Å². The lowest BCUT2D eigenvalue weighted by molar-refractivity contribution is 0.00903. The van der Waals surface area contributed by atoms with Crippen molar-refractivity contribution >= 4 is 9.84 Å². The van der Waals surface area contributed by atoms with Crippen LogP contribution < -0.4 is 10.4 Å². The Bertz CT molecular complexity index is 1230. The maximum Gasteiger partial charge on any atom is 0.311 e. The Morgan fingerprint density at radius 2 is 1.65 bits per heavy atom. The van der Waals surface area contributed by atoms with Crippen molar-refractivity contribution in [2.75, 3.05) is 12.9 Å². The number of aliphatic hydroxyl groups is 1. The highest BCUT2D eigenvalue weighted by molar-refractivity contribution is 7.90. The zero-order valence-electron chi connectivity index (χ0n) is 17.4. The Balaban J connectivity index is 2.09. The van der Waals surface area contributed by atoms with Gasteiger partial charge in [-0.3, -0.25) is 4.79 Å². The van der Waals surface area contributed by atoms with E-state index in [0.717, 1.165) is 11.1 Å². The van der Waals surface area contributed by atoms with E-state index in [1.165, 1.54) is 42.6 Å². The maximum atomic E-state index is 13.4. The van der Waals surface area contributed by atoms with Gasteiger partial charge >= 0.3 is 5.56 Å². The van der Waals surface area contributed by atoms with Crippen LogP contribution in [0.15, 0.2) is 64.4 Å². The van der Waals surface area contributed by atoms with Gasteiger partial charge in [0.2, 0.25) is 0 Å². The summed E-state index contributed by atoms with van der Waals surface area (Å²) in [6, 6.07) is 11.5. The second kappa shape index (κ2) is 8.60. The van der Waals surface area contributed by atoms with Gasteiger partial charge in [-0.1, -0.05) is 29.1 Å². The summed E-state index contributed by atoms with van der Waals surface area (Å²) in [6.45, 7) is 3.31. The number of nitrogens with zero attached hydrogens (tertiary/aromatic N) is 2. The van der Waals surface area contributed by atoms with Crippen LogP contribution in [0.1, 0.15) is 20.3 Å². The first-order valence-electron chi connectivity index (χ1n) is 9.50. The topological polar surface area (TPSA) is 98.5 Å². The van der Waals surface area contributed by atoms with Crippen LogP contribution in [0, 0.1) is 5.82 Å². The minimum atomic E-state index is -3.37. The van der Waals surface area contributed by atoms with E-state index in [-0.39, 0.29) is 23.5 Å². The molecule has 7 nitrogen and oxygen atoms in total. The number of hydrogen-bond donors (Lipinski definition) is 1. The first kappa shape index (κ1) is 22.6. The fraction of sp³-hybridized carbons (Fsp3) is 0.273. The molecule has 0 atom stereocenters. The lowest BCUT2D eigenvalue weighted by Gasteiger charge is -2.17. The average Bonchev–Trinajstić information content (AvgIpc) is 2.68. The van der Waals surface area contributed by atoms with Crippen LogP contribution in [0.2, 0.25) is 0 Å². The van der Waals surface area contributed by atoms with Gasteiger partial charge in [-0.2, -0.15) is 0 Å². The van der Waals surface area contributed by atoms with Gasteiger partial charge in [0.05, 0.1) is 22.3 Å². The van der Waals surface area contributed by atoms with Gasteiger partial charge in [-0.15, -0.1) is 5.10 Å². The van der Waals surface area contributed by atoms with Crippen molar-refractivity contribution in [2.45, 2.75) is 30.8 Å². The molecule has 0 bridgehead atoms. The SMILES string of the molecule is CC(C)(O)CCOn1ncc(-c2ccc(S(C)(=O)=O)cc2)c(-c2ccc(F)cc2)c1=O. The van der Waals surface area contributed by atoms with Crippen LogP contribution in [-0.4, -0.2) is 41.9 Å². The molecule has 0 radical (unpaired) electrons. The van der Waals surface area contributed by atoms with Crippen molar-refractivity contribution in [3.63, 3.8) is 0 Å². The first-order chi connectivity index (χ1) is 14.5. The third kappa shape index (κ3) is 5.56. The van der Waals surface area contributed by atoms with Crippen molar-refractivity contribution in [2.24, 2.45) is 0 Å². The van der Waals surface area contributed by atoms with Gasteiger partial charge < -0.3 is 9.94 Å². The molecule has 0 aliphatic rings. The zero-order chi connectivity index (χ0) is 22.8. The Morgan fingerprint density at radius 3 is 2.19 bits per heavy atom. The highest BCUT2D eigenvalue weighted by atomic mass is 32.2. The fourth-order valence-electron chi connectivity index (χ4n) is 2.91. The molecular formula is C22H23FN2O5S. The smallest absolute Gasteiger partial charge is 0.311 e. The molecule has 1 N–H and O–H groups in total. The molecule has 0 fully saturated rings. The summed E-state index contributed by atoms with van der Waals surface area (Å²) in [7, 11) is -3.37. The molecule has 0 saturated carbocycles. The summed E-state index contributed by atoms with van der Waals surface area (Å²) in [6.07, 6.45) is 2.82. The molecule has 0 amide bonds. The van der Waals surface area contributed by atoms with Crippen LogP contribution in [0.3, 0.4) is 0 Å². The van der Waals surface area contributed by atoms with Crippen LogP contribution in [0.25, 0.3) is 22.3 Å². The van der Waals surface area contributed by atoms with Crippen molar-refractivity contribution in [1.29, 1.82) is 0 Å². The summed E-state index contributed by atoms with van der Waals surface area (Å²) in [5.74, 6) is -0.446. The molecule has 3 aromatic rings. The molecule has 9 heteroatoms. The van der Waals surface area contributed by atoms with Crippen LogP contribution in [0.5, 0.6) is 0 Å². The summed E-state index contributed by atoms with van der Waals surface area (Å²) >= 11 is 0. The van der Waals surface area contributed by atoms with E-state index in [4.69, 9.17) is 4.84 Å². The largest absolute Gasteiger partial charge is 0.393 e. The lowest BCUT2D eigenvalue weighted by atomic mass is 9.97. The molecule has 1 heterocycles. The molecule has 0 unspecified atom stereocenters. The van der Waals surface area contributed by atoms with Gasteiger partial charge in [0.25, 0.3) is 0 Å². The predicted molar refractivity (Wildman–Crippen MR) is 115 cm³/mol. The minimum Gasteiger partial charge on any atom is -0.393 e. The highest BCUT2D eigenvalue weighted by Crippen LogP contribution is 2.29.